The molecule has 0 unspecified atom stereocenters. The summed E-state index contributed by atoms with van der Waals surface area (Å²) in [5.41, 5.74) is 4.77. The summed E-state index contributed by atoms with van der Waals surface area (Å²) in [4.78, 5) is 2.97. The molecule has 0 radical (unpaired) electrons. The number of pyridine rings is 1. The summed E-state index contributed by atoms with van der Waals surface area (Å²) in [5.74, 6) is -4.77. The van der Waals surface area contributed by atoms with Crippen molar-refractivity contribution >= 4 is 0 Å². The van der Waals surface area contributed by atoms with E-state index in [1.165, 1.54) is 0 Å². The Morgan fingerprint density at radius 1 is 1.33 bits per heavy atom. The lowest BCUT2D eigenvalue weighted by atomic mass is 10.3. The first kappa shape index (κ1) is 11.6. The highest BCUT2D eigenvalue weighted by Crippen LogP contribution is 2.26. The van der Waals surface area contributed by atoms with E-state index >= 15 is 0 Å². The van der Waals surface area contributed by atoms with Gasteiger partial charge in [-0.05, 0) is 0 Å². The summed E-state index contributed by atoms with van der Waals surface area (Å²) in [5, 5.41) is 0. The Morgan fingerprint density at radius 2 is 1.93 bits per heavy atom. The molecule has 0 aliphatic carbocycles. The zero-order valence-corrected chi connectivity index (χ0v) is 7.11. The largest absolute Gasteiger partial charge is 0.573 e. The van der Waals surface area contributed by atoms with Gasteiger partial charge in [-0.15, -0.1) is 13.2 Å². The van der Waals surface area contributed by atoms with Gasteiger partial charge in [-0.1, -0.05) is 0 Å². The van der Waals surface area contributed by atoms with Crippen LogP contribution in [0.15, 0.2) is 6.07 Å². The molecule has 0 saturated heterocycles. The summed E-state index contributed by atoms with van der Waals surface area (Å²) >= 11 is 0. The van der Waals surface area contributed by atoms with Crippen molar-refractivity contribution in [3.63, 3.8) is 0 Å². The lowest BCUT2D eigenvalue weighted by molar-refractivity contribution is -0.275. The van der Waals surface area contributed by atoms with Crippen LogP contribution in [0.4, 0.5) is 22.0 Å². The number of hydrogen-bond acceptors (Lipinski definition) is 3. The highest BCUT2D eigenvalue weighted by molar-refractivity contribution is 5.25. The predicted molar refractivity (Wildman–Crippen MR) is 38.7 cm³/mol. The zero-order chi connectivity index (χ0) is 11.6. The molecule has 0 saturated carbocycles. The molecule has 3 nitrogen and oxygen atoms in total. The van der Waals surface area contributed by atoms with E-state index in [0.717, 1.165) is 0 Å². The normalized spacial score (nSPS) is 11.6. The van der Waals surface area contributed by atoms with Crippen molar-refractivity contribution in [1.29, 1.82) is 0 Å². The van der Waals surface area contributed by atoms with Crippen molar-refractivity contribution in [3.8, 4) is 5.75 Å². The number of halogens is 5. The molecule has 84 valence electrons. The maximum Gasteiger partial charge on any atom is 0.573 e. The maximum absolute atomic E-state index is 12.7. The Morgan fingerprint density at radius 3 is 2.40 bits per heavy atom. The minimum Gasteiger partial charge on any atom is -0.402 e. The van der Waals surface area contributed by atoms with E-state index in [-0.39, 0.29) is 12.2 Å². The molecule has 0 amide bonds. The average molecular weight is 228 g/mol. The Bertz CT molecular complexity index is 365. The predicted octanol–water partition coefficient (Wildman–Crippen LogP) is 1.72. The molecule has 0 atom stereocenters. The van der Waals surface area contributed by atoms with Crippen LogP contribution < -0.4 is 10.5 Å². The van der Waals surface area contributed by atoms with Crippen molar-refractivity contribution in [2.45, 2.75) is 12.9 Å². The third kappa shape index (κ3) is 3.01. The van der Waals surface area contributed by atoms with Gasteiger partial charge in [0.2, 0.25) is 5.82 Å². The van der Waals surface area contributed by atoms with Gasteiger partial charge in [0, 0.05) is 12.6 Å². The van der Waals surface area contributed by atoms with E-state index in [0.29, 0.717) is 6.07 Å². The van der Waals surface area contributed by atoms with Crippen molar-refractivity contribution in [1.82, 2.24) is 4.98 Å². The highest BCUT2D eigenvalue weighted by Gasteiger charge is 2.33. The minimum atomic E-state index is -5.10. The van der Waals surface area contributed by atoms with E-state index in [4.69, 9.17) is 5.73 Å². The zero-order valence-electron chi connectivity index (χ0n) is 7.11. The van der Waals surface area contributed by atoms with Crippen LogP contribution in [-0.2, 0) is 6.54 Å². The topological polar surface area (TPSA) is 48.1 Å². The fourth-order valence-electron chi connectivity index (χ4n) is 0.827. The first-order valence-electron chi connectivity index (χ1n) is 3.64. The maximum atomic E-state index is 12.7. The number of alkyl halides is 3. The van der Waals surface area contributed by atoms with Gasteiger partial charge < -0.3 is 10.5 Å². The van der Waals surface area contributed by atoms with Gasteiger partial charge in [-0.25, -0.2) is 4.98 Å². The van der Waals surface area contributed by atoms with E-state index in [2.05, 4.69) is 9.72 Å². The molecular formula is C7H5F5N2O. The molecule has 1 rings (SSSR count). The number of hydrogen-bond donors (Lipinski definition) is 1. The SMILES string of the molecule is NCc1cc(OC(F)(F)F)c(F)c(F)n1. The first-order valence-corrected chi connectivity index (χ1v) is 3.64. The summed E-state index contributed by atoms with van der Waals surface area (Å²) in [6, 6.07) is 0.589. The van der Waals surface area contributed by atoms with Crippen molar-refractivity contribution < 1.29 is 26.7 Å². The number of aromatic nitrogens is 1. The van der Waals surface area contributed by atoms with Crippen molar-refractivity contribution in [2.75, 3.05) is 0 Å². The van der Waals surface area contributed by atoms with Crippen LogP contribution >= 0.6 is 0 Å². The molecule has 1 heterocycles. The van der Waals surface area contributed by atoms with Crippen LogP contribution in [0, 0.1) is 11.8 Å². The molecule has 0 aliphatic heterocycles. The van der Waals surface area contributed by atoms with E-state index in [1.807, 2.05) is 0 Å². The molecule has 0 aromatic carbocycles. The molecule has 2 N–H and O–H groups in total. The molecule has 0 spiro atoms. The van der Waals surface area contributed by atoms with Gasteiger partial charge in [0.25, 0.3) is 5.95 Å². The molecule has 0 fully saturated rings. The van der Waals surface area contributed by atoms with Crippen molar-refractivity contribution in [2.24, 2.45) is 5.73 Å². The van der Waals surface area contributed by atoms with Gasteiger partial charge in [-0.3, -0.25) is 0 Å². The second kappa shape index (κ2) is 3.97. The Kier molecular flexibility index (Phi) is 3.08. The lowest BCUT2D eigenvalue weighted by Gasteiger charge is -2.10. The summed E-state index contributed by atoms with van der Waals surface area (Å²) in [6.07, 6.45) is -5.10. The van der Waals surface area contributed by atoms with Crippen LogP contribution in [-0.4, -0.2) is 11.3 Å². The Labute approximate surface area is 80.7 Å². The fourth-order valence-corrected chi connectivity index (χ4v) is 0.827. The quantitative estimate of drug-likeness (QED) is 0.619. The van der Waals surface area contributed by atoms with Gasteiger partial charge in [0.05, 0.1) is 5.69 Å². The molecule has 1 aromatic rings. The van der Waals surface area contributed by atoms with Crippen LogP contribution in [0.3, 0.4) is 0 Å². The standard InChI is InChI=1S/C7H5F5N2O/c8-5-4(15-7(10,11)12)1-3(2-13)14-6(5)9/h1H,2,13H2. The Hall–Kier alpha value is -1.44. The van der Waals surface area contributed by atoms with E-state index in [9.17, 15) is 22.0 Å². The molecule has 1 aromatic heterocycles. The molecule has 0 bridgehead atoms. The second-order valence-corrected chi connectivity index (χ2v) is 2.47. The van der Waals surface area contributed by atoms with E-state index < -0.39 is 23.9 Å². The number of rotatable bonds is 2. The van der Waals surface area contributed by atoms with E-state index in [1.54, 1.807) is 0 Å². The third-order valence-corrected chi connectivity index (χ3v) is 1.37. The van der Waals surface area contributed by atoms with Gasteiger partial charge >= 0.3 is 6.36 Å². The van der Waals surface area contributed by atoms with Gasteiger partial charge in [0.1, 0.15) is 0 Å². The number of nitrogens with two attached hydrogens (primary N) is 1. The minimum absolute atomic E-state index is 0.242. The fraction of sp³-hybridized carbons (Fsp3) is 0.286. The van der Waals surface area contributed by atoms with Crippen LogP contribution in [0.2, 0.25) is 0 Å². The summed E-state index contributed by atoms with van der Waals surface area (Å²) in [6.45, 7) is -0.328. The van der Waals surface area contributed by atoms with Crippen LogP contribution in [0.25, 0.3) is 0 Å². The molecule has 0 aliphatic rings. The number of nitrogens with zero attached hydrogens (tertiary/aromatic N) is 1. The average Bonchev–Trinajstić information content (AvgIpc) is 2.10. The van der Waals surface area contributed by atoms with Crippen LogP contribution in [0.5, 0.6) is 5.75 Å². The lowest BCUT2D eigenvalue weighted by Crippen LogP contribution is -2.19. The smallest absolute Gasteiger partial charge is 0.402 e. The molecular weight excluding hydrogens is 223 g/mol. The summed E-state index contributed by atoms with van der Waals surface area (Å²) in [7, 11) is 0. The third-order valence-electron chi connectivity index (χ3n) is 1.37. The Balaban J connectivity index is 3.11. The monoisotopic (exact) mass is 228 g/mol. The van der Waals surface area contributed by atoms with Gasteiger partial charge in [0.15, 0.2) is 5.75 Å². The molecule has 8 heteroatoms. The second-order valence-electron chi connectivity index (χ2n) is 2.47. The van der Waals surface area contributed by atoms with Gasteiger partial charge in [-0.2, -0.15) is 8.78 Å². The van der Waals surface area contributed by atoms with Crippen LogP contribution in [0.1, 0.15) is 5.69 Å². The molecule has 15 heavy (non-hydrogen) atoms. The highest BCUT2D eigenvalue weighted by atomic mass is 19.4. The summed E-state index contributed by atoms with van der Waals surface area (Å²) < 4.78 is 63.8. The number of ether oxygens (including phenoxy) is 1. The van der Waals surface area contributed by atoms with Crippen molar-refractivity contribution in [3.05, 3.63) is 23.5 Å². The first-order chi connectivity index (χ1) is 6.83.